The Kier molecular flexibility index (Phi) is 4.66. The first kappa shape index (κ1) is 19.6. The molecular formula is C26H24N4O. The van der Waals surface area contributed by atoms with Gasteiger partial charge in [-0.2, -0.15) is 5.26 Å². The summed E-state index contributed by atoms with van der Waals surface area (Å²) in [4.78, 5) is 27.0. The Bertz CT molecular complexity index is 1190. The summed E-state index contributed by atoms with van der Waals surface area (Å²) >= 11 is 0. The summed E-state index contributed by atoms with van der Waals surface area (Å²) in [6.45, 7) is 4.18. The molecule has 0 radical (unpaired) electrons. The van der Waals surface area contributed by atoms with Gasteiger partial charge in [0.05, 0.1) is 17.5 Å². The van der Waals surface area contributed by atoms with Crippen LogP contribution in [0.15, 0.2) is 54.9 Å². The number of Topliss-reactive ketones (excluding diaryl/α,β-unsaturated/α-hetero) is 1. The minimum atomic E-state index is -0.582. The van der Waals surface area contributed by atoms with E-state index in [4.69, 9.17) is 9.97 Å². The molecule has 3 aromatic rings. The van der Waals surface area contributed by atoms with Gasteiger partial charge in [-0.05, 0) is 37.3 Å². The van der Waals surface area contributed by atoms with E-state index in [2.05, 4.69) is 30.1 Å². The predicted molar refractivity (Wildman–Crippen MR) is 118 cm³/mol. The number of aromatic nitrogens is 3. The zero-order valence-electron chi connectivity index (χ0n) is 17.7. The van der Waals surface area contributed by atoms with Gasteiger partial charge in [0, 0.05) is 40.4 Å². The van der Waals surface area contributed by atoms with Crippen molar-refractivity contribution in [3.8, 4) is 28.7 Å². The summed E-state index contributed by atoms with van der Waals surface area (Å²) in [5.41, 5.74) is 4.75. The van der Waals surface area contributed by atoms with Crippen molar-refractivity contribution >= 4 is 5.78 Å². The second-order valence-corrected chi connectivity index (χ2v) is 8.96. The van der Waals surface area contributed by atoms with Gasteiger partial charge >= 0.3 is 0 Å². The second-order valence-electron chi connectivity index (χ2n) is 8.96. The second kappa shape index (κ2) is 7.39. The first-order valence-electron chi connectivity index (χ1n) is 10.8. The number of hydrogen-bond acceptors (Lipinski definition) is 5. The molecular weight excluding hydrogens is 384 g/mol. The number of fused-ring (bicyclic) bond motifs is 3. The van der Waals surface area contributed by atoms with E-state index in [-0.39, 0.29) is 23.0 Å². The SMILES string of the molecule is C[C@H]1C(=O)C(C#N)C[C@@]2(C)c3nc(-c4ccncc4)nc(-c4ccccc4)c3CC[C@H]12. The molecule has 5 rings (SSSR count). The van der Waals surface area contributed by atoms with Crippen LogP contribution in [0.5, 0.6) is 0 Å². The van der Waals surface area contributed by atoms with Crippen molar-refractivity contribution in [3.63, 3.8) is 0 Å². The van der Waals surface area contributed by atoms with Gasteiger partial charge in [-0.15, -0.1) is 0 Å². The lowest BCUT2D eigenvalue weighted by Crippen LogP contribution is -2.50. The monoisotopic (exact) mass is 408 g/mol. The average Bonchev–Trinajstić information content (AvgIpc) is 2.82. The van der Waals surface area contributed by atoms with Crippen molar-refractivity contribution < 1.29 is 4.79 Å². The van der Waals surface area contributed by atoms with Crippen LogP contribution in [-0.2, 0) is 16.6 Å². The van der Waals surface area contributed by atoms with E-state index in [1.165, 1.54) is 0 Å². The molecule has 2 aliphatic rings. The van der Waals surface area contributed by atoms with Gasteiger partial charge in [-0.3, -0.25) is 9.78 Å². The molecule has 154 valence electrons. The Morgan fingerprint density at radius 1 is 1.06 bits per heavy atom. The van der Waals surface area contributed by atoms with Crippen molar-refractivity contribution in [2.75, 3.05) is 0 Å². The third-order valence-electron chi connectivity index (χ3n) is 7.24. The van der Waals surface area contributed by atoms with Crippen molar-refractivity contribution in [3.05, 3.63) is 66.1 Å². The highest BCUT2D eigenvalue weighted by Gasteiger charge is 2.53. The van der Waals surface area contributed by atoms with Crippen LogP contribution in [0, 0.1) is 29.1 Å². The van der Waals surface area contributed by atoms with Crippen LogP contribution in [0.4, 0.5) is 0 Å². The van der Waals surface area contributed by atoms with E-state index in [0.29, 0.717) is 12.2 Å². The summed E-state index contributed by atoms with van der Waals surface area (Å²) in [7, 11) is 0. The molecule has 4 atom stereocenters. The number of rotatable bonds is 2. The van der Waals surface area contributed by atoms with Crippen molar-refractivity contribution in [1.29, 1.82) is 5.26 Å². The lowest BCUT2D eigenvalue weighted by molar-refractivity contribution is -0.132. The smallest absolute Gasteiger partial charge is 0.160 e. The lowest BCUT2D eigenvalue weighted by Gasteiger charge is -2.49. The van der Waals surface area contributed by atoms with Crippen LogP contribution in [-0.4, -0.2) is 20.7 Å². The van der Waals surface area contributed by atoms with E-state index >= 15 is 0 Å². The number of ketones is 1. The molecule has 1 aromatic carbocycles. The lowest BCUT2D eigenvalue weighted by atomic mass is 9.54. The maximum absolute atomic E-state index is 12.8. The topological polar surface area (TPSA) is 79.5 Å². The molecule has 0 spiro atoms. The summed E-state index contributed by atoms with van der Waals surface area (Å²) in [5, 5.41) is 9.69. The predicted octanol–water partition coefficient (Wildman–Crippen LogP) is 4.77. The van der Waals surface area contributed by atoms with E-state index in [1.54, 1.807) is 12.4 Å². The molecule has 5 nitrogen and oxygen atoms in total. The van der Waals surface area contributed by atoms with Gasteiger partial charge in [-0.25, -0.2) is 9.97 Å². The Morgan fingerprint density at radius 3 is 2.52 bits per heavy atom. The number of hydrogen-bond donors (Lipinski definition) is 0. The van der Waals surface area contributed by atoms with E-state index in [9.17, 15) is 10.1 Å². The first-order valence-corrected chi connectivity index (χ1v) is 10.8. The van der Waals surface area contributed by atoms with Crippen LogP contribution < -0.4 is 0 Å². The Labute approximate surface area is 182 Å². The van der Waals surface area contributed by atoms with Crippen molar-refractivity contribution in [1.82, 2.24) is 15.0 Å². The molecule has 2 aromatic heterocycles. The normalized spacial score (nSPS) is 27.1. The zero-order valence-corrected chi connectivity index (χ0v) is 17.7. The highest BCUT2D eigenvalue weighted by atomic mass is 16.1. The van der Waals surface area contributed by atoms with Gasteiger partial charge in [0.25, 0.3) is 0 Å². The number of nitriles is 1. The molecule has 1 unspecified atom stereocenters. The quantitative estimate of drug-likeness (QED) is 0.610. The maximum atomic E-state index is 12.8. The van der Waals surface area contributed by atoms with Gasteiger partial charge in [-0.1, -0.05) is 44.2 Å². The molecule has 0 N–H and O–H groups in total. The van der Waals surface area contributed by atoms with E-state index < -0.39 is 5.92 Å². The third-order valence-corrected chi connectivity index (χ3v) is 7.24. The Hall–Kier alpha value is -3.39. The molecule has 0 aliphatic heterocycles. The molecule has 2 heterocycles. The summed E-state index contributed by atoms with van der Waals surface area (Å²) in [5.74, 6) is 0.207. The molecule has 0 bridgehead atoms. The summed E-state index contributed by atoms with van der Waals surface area (Å²) in [6, 6.07) is 16.3. The number of benzene rings is 1. The Morgan fingerprint density at radius 2 is 1.81 bits per heavy atom. The fourth-order valence-corrected chi connectivity index (χ4v) is 5.65. The number of carbonyl (C=O) groups excluding carboxylic acids is 1. The molecule has 2 aliphatic carbocycles. The largest absolute Gasteiger partial charge is 0.298 e. The molecule has 0 amide bonds. The maximum Gasteiger partial charge on any atom is 0.160 e. The molecule has 1 saturated carbocycles. The highest BCUT2D eigenvalue weighted by molar-refractivity contribution is 5.87. The number of pyridine rings is 1. The van der Waals surface area contributed by atoms with Gasteiger partial charge in [0.1, 0.15) is 5.92 Å². The van der Waals surface area contributed by atoms with Gasteiger partial charge in [0.15, 0.2) is 11.6 Å². The van der Waals surface area contributed by atoms with E-state index in [1.807, 2.05) is 37.3 Å². The van der Waals surface area contributed by atoms with Crippen LogP contribution in [0.3, 0.4) is 0 Å². The number of carbonyl (C=O) groups is 1. The van der Waals surface area contributed by atoms with Crippen molar-refractivity contribution in [2.45, 2.75) is 38.5 Å². The standard InChI is InChI=1S/C26H24N4O/c1-16-21-9-8-20-22(17-6-4-3-5-7-17)29-25(18-10-12-28-13-11-18)30-24(20)26(21,2)14-19(15-27)23(16)31/h3-7,10-13,16,19,21H,8-9,14H2,1-2H3/t16-,19?,21-,26-/m1/s1. The Balaban J connectivity index is 1.76. The fraction of sp³-hybridized carbons (Fsp3) is 0.346. The zero-order chi connectivity index (χ0) is 21.6. The summed E-state index contributed by atoms with van der Waals surface area (Å²) < 4.78 is 0. The molecule has 31 heavy (non-hydrogen) atoms. The third kappa shape index (κ3) is 3.06. The van der Waals surface area contributed by atoms with Gasteiger partial charge < -0.3 is 0 Å². The number of nitrogens with zero attached hydrogens (tertiary/aromatic N) is 4. The van der Waals surface area contributed by atoms with Crippen LogP contribution in [0.2, 0.25) is 0 Å². The van der Waals surface area contributed by atoms with Crippen LogP contribution in [0.1, 0.15) is 37.9 Å². The van der Waals surface area contributed by atoms with Gasteiger partial charge in [0.2, 0.25) is 0 Å². The molecule has 5 heteroatoms. The minimum Gasteiger partial charge on any atom is -0.298 e. The summed E-state index contributed by atoms with van der Waals surface area (Å²) in [6.07, 6.45) is 5.76. The van der Waals surface area contributed by atoms with E-state index in [0.717, 1.165) is 40.9 Å². The van der Waals surface area contributed by atoms with Crippen molar-refractivity contribution in [2.24, 2.45) is 17.8 Å². The first-order chi connectivity index (χ1) is 15.0. The molecule has 0 saturated heterocycles. The average molecular weight is 409 g/mol. The minimum absolute atomic E-state index is 0.0834. The van der Waals surface area contributed by atoms with Crippen LogP contribution >= 0.6 is 0 Å². The fourth-order valence-electron chi connectivity index (χ4n) is 5.65. The molecule has 1 fully saturated rings. The van der Waals surface area contributed by atoms with Crippen LogP contribution in [0.25, 0.3) is 22.6 Å². The highest BCUT2D eigenvalue weighted by Crippen LogP contribution is 2.53.